The number of nitrogens with zero attached hydrogens (tertiary/aromatic N) is 5. The molecule has 0 fully saturated rings. The zero-order valence-corrected chi connectivity index (χ0v) is 16.8. The van der Waals surface area contributed by atoms with Gasteiger partial charge in [-0.25, -0.2) is 18.7 Å². The molecule has 4 rings (SSSR count). The van der Waals surface area contributed by atoms with Crippen LogP contribution in [-0.4, -0.2) is 37.1 Å². The van der Waals surface area contributed by atoms with Gasteiger partial charge in [0.05, 0.1) is 18.3 Å². The molecule has 33 heavy (non-hydrogen) atoms. The topological polar surface area (TPSA) is 86.9 Å². The summed E-state index contributed by atoms with van der Waals surface area (Å²) in [5.74, 6) is -1.57. The average Bonchev–Trinajstić information content (AvgIpc) is 3.44. The van der Waals surface area contributed by atoms with Crippen molar-refractivity contribution >= 4 is 11.6 Å². The van der Waals surface area contributed by atoms with Crippen molar-refractivity contribution in [2.45, 2.75) is 12.7 Å². The van der Waals surface area contributed by atoms with Gasteiger partial charge < -0.3 is 10.1 Å². The van der Waals surface area contributed by atoms with E-state index in [0.717, 1.165) is 18.3 Å². The van der Waals surface area contributed by atoms with E-state index < -0.39 is 34.8 Å². The molecule has 4 aromatic rings. The second-order valence-electron chi connectivity index (χ2n) is 6.76. The fourth-order valence-electron chi connectivity index (χ4n) is 3.06. The molecule has 0 aliphatic heterocycles. The minimum absolute atomic E-state index is 0.213. The Hall–Kier alpha value is -4.22. The van der Waals surface area contributed by atoms with Crippen LogP contribution in [0.5, 0.6) is 5.75 Å². The molecule has 1 amide bonds. The molecule has 0 aliphatic rings. The lowest BCUT2D eigenvalue weighted by molar-refractivity contribution is -0.143. The average molecular weight is 460 g/mol. The van der Waals surface area contributed by atoms with Gasteiger partial charge in [-0.05, 0) is 24.3 Å². The van der Waals surface area contributed by atoms with Gasteiger partial charge in [0.1, 0.15) is 36.5 Å². The van der Waals surface area contributed by atoms with E-state index in [-0.39, 0.29) is 12.3 Å². The van der Waals surface area contributed by atoms with Gasteiger partial charge in [-0.3, -0.25) is 4.79 Å². The maximum absolute atomic E-state index is 14.1. The van der Waals surface area contributed by atoms with Gasteiger partial charge in [-0.15, -0.1) is 0 Å². The van der Waals surface area contributed by atoms with Crippen molar-refractivity contribution in [3.05, 3.63) is 84.5 Å². The number of amides is 1. The van der Waals surface area contributed by atoms with Crippen LogP contribution < -0.4 is 10.1 Å². The molecule has 0 radical (unpaired) electrons. The Morgan fingerprint density at radius 1 is 1.09 bits per heavy atom. The SMILES string of the molecule is O=C(Nc1cccc(OCCn2cncn2)c1)c1cnn(-c2ccccc2F)c1C(F)(F)F. The van der Waals surface area contributed by atoms with Crippen LogP contribution in [0.3, 0.4) is 0 Å². The van der Waals surface area contributed by atoms with Gasteiger partial charge >= 0.3 is 6.18 Å². The molecule has 0 bridgehead atoms. The molecule has 170 valence electrons. The van der Waals surface area contributed by atoms with Crippen LogP contribution in [0.25, 0.3) is 5.69 Å². The maximum Gasteiger partial charge on any atom is 0.434 e. The first-order valence-corrected chi connectivity index (χ1v) is 9.59. The summed E-state index contributed by atoms with van der Waals surface area (Å²) < 4.78 is 63.0. The molecule has 0 atom stereocenters. The third-order valence-electron chi connectivity index (χ3n) is 4.51. The number of nitrogens with one attached hydrogen (secondary N) is 1. The van der Waals surface area contributed by atoms with Crippen molar-refractivity contribution in [3.63, 3.8) is 0 Å². The normalized spacial score (nSPS) is 11.4. The number of ether oxygens (including phenoxy) is 1. The minimum Gasteiger partial charge on any atom is -0.492 e. The van der Waals surface area contributed by atoms with E-state index in [2.05, 4.69) is 20.5 Å². The lowest BCUT2D eigenvalue weighted by Crippen LogP contribution is -2.21. The third kappa shape index (κ3) is 5.00. The predicted molar refractivity (Wildman–Crippen MR) is 108 cm³/mol. The largest absolute Gasteiger partial charge is 0.492 e. The smallest absolute Gasteiger partial charge is 0.434 e. The highest BCUT2D eigenvalue weighted by molar-refractivity contribution is 6.05. The van der Waals surface area contributed by atoms with Crippen LogP contribution in [0.15, 0.2) is 67.4 Å². The molecule has 1 N–H and O–H groups in total. The molecular weight excluding hydrogens is 444 g/mol. The van der Waals surface area contributed by atoms with Crippen LogP contribution >= 0.6 is 0 Å². The number of hydrogen-bond donors (Lipinski definition) is 1. The Kier molecular flexibility index (Phi) is 6.07. The first-order valence-electron chi connectivity index (χ1n) is 9.59. The van der Waals surface area contributed by atoms with Gasteiger partial charge in [0.15, 0.2) is 5.69 Å². The number of carbonyl (C=O) groups excluding carboxylic acids is 1. The van der Waals surface area contributed by atoms with E-state index in [1.165, 1.54) is 36.9 Å². The summed E-state index contributed by atoms with van der Waals surface area (Å²) in [6.07, 6.45) is -1.29. The number of benzene rings is 2. The fraction of sp³-hybridized carbons (Fsp3) is 0.143. The monoisotopic (exact) mass is 460 g/mol. The molecule has 0 saturated carbocycles. The molecule has 0 aliphatic carbocycles. The van der Waals surface area contributed by atoms with Crippen molar-refractivity contribution < 1.29 is 27.1 Å². The highest BCUT2D eigenvalue weighted by Crippen LogP contribution is 2.34. The number of halogens is 4. The second kappa shape index (κ2) is 9.10. The van der Waals surface area contributed by atoms with E-state index in [0.29, 0.717) is 17.0 Å². The summed E-state index contributed by atoms with van der Waals surface area (Å²) in [6, 6.07) is 11.0. The predicted octanol–water partition coefficient (Wildman–Crippen LogP) is 3.95. The zero-order chi connectivity index (χ0) is 23.4. The van der Waals surface area contributed by atoms with E-state index in [4.69, 9.17) is 4.74 Å². The summed E-state index contributed by atoms with van der Waals surface area (Å²) in [7, 11) is 0. The molecule has 0 unspecified atom stereocenters. The molecular formula is C21H16F4N6O2. The zero-order valence-electron chi connectivity index (χ0n) is 16.8. The summed E-state index contributed by atoms with van der Waals surface area (Å²) in [4.78, 5) is 16.5. The Morgan fingerprint density at radius 3 is 2.64 bits per heavy atom. The molecule has 0 spiro atoms. The minimum atomic E-state index is -4.96. The molecule has 2 aromatic heterocycles. The van der Waals surface area contributed by atoms with E-state index in [1.54, 1.807) is 16.8 Å². The van der Waals surface area contributed by atoms with Crippen LogP contribution in [-0.2, 0) is 12.7 Å². The first kappa shape index (κ1) is 22.0. The van der Waals surface area contributed by atoms with Crippen LogP contribution in [0.4, 0.5) is 23.2 Å². The van der Waals surface area contributed by atoms with Crippen molar-refractivity contribution in [1.29, 1.82) is 0 Å². The van der Waals surface area contributed by atoms with Crippen LogP contribution in [0.2, 0.25) is 0 Å². The summed E-state index contributed by atoms with van der Waals surface area (Å²) >= 11 is 0. The lowest BCUT2D eigenvalue weighted by Gasteiger charge is -2.13. The number of anilines is 1. The molecule has 2 heterocycles. The number of para-hydroxylation sites is 1. The number of aromatic nitrogens is 5. The van der Waals surface area contributed by atoms with E-state index >= 15 is 0 Å². The Balaban J connectivity index is 1.53. The summed E-state index contributed by atoms with van der Waals surface area (Å²) in [6.45, 7) is 0.690. The number of carbonyl (C=O) groups is 1. The number of hydrogen-bond acceptors (Lipinski definition) is 5. The van der Waals surface area contributed by atoms with E-state index in [1.807, 2.05) is 0 Å². The lowest BCUT2D eigenvalue weighted by atomic mass is 10.2. The van der Waals surface area contributed by atoms with Crippen molar-refractivity contribution in [1.82, 2.24) is 24.5 Å². The van der Waals surface area contributed by atoms with Gasteiger partial charge in [0, 0.05) is 11.8 Å². The van der Waals surface area contributed by atoms with Crippen molar-refractivity contribution in [3.8, 4) is 11.4 Å². The van der Waals surface area contributed by atoms with Gasteiger partial charge in [0.25, 0.3) is 5.91 Å². The summed E-state index contributed by atoms with van der Waals surface area (Å²) in [5.41, 5.74) is -2.34. The molecule has 12 heteroatoms. The third-order valence-corrected chi connectivity index (χ3v) is 4.51. The second-order valence-corrected chi connectivity index (χ2v) is 6.76. The summed E-state index contributed by atoms with van der Waals surface area (Å²) in [5, 5.41) is 9.96. The fourth-order valence-corrected chi connectivity index (χ4v) is 3.06. The van der Waals surface area contributed by atoms with Gasteiger partial charge in [-0.2, -0.15) is 23.4 Å². The maximum atomic E-state index is 14.1. The number of rotatable bonds is 7. The Labute approximate surface area is 184 Å². The quantitative estimate of drug-likeness (QED) is 0.422. The highest BCUT2D eigenvalue weighted by atomic mass is 19.4. The standard InChI is InChI=1S/C21H16F4N6O2/c22-17-6-1-2-7-18(17)31-19(21(23,24)25)16(11-27-31)20(32)29-14-4-3-5-15(10-14)33-9-8-30-13-26-12-28-30/h1-7,10-13H,8-9H2,(H,29,32). The first-order chi connectivity index (χ1) is 15.8. The highest BCUT2D eigenvalue weighted by Gasteiger charge is 2.41. The molecule has 2 aromatic carbocycles. The van der Waals surface area contributed by atoms with Crippen LogP contribution in [0, 0.1) is 5.82 Å². The Bertz CT molecular complexity index is 1250. The van der Waals surface area contributed by atoms with Crippen molar-refractivity contribution in [2.75, 3.05) is 11.9 Å². The van der Waals surface area contributed by atoms with Crippen molar-refractivity contribution in [2.24, 2.45) is 0 Å². The number of alkyl halides is 3. The molecule has 0 saturated heterocycles. The molecule has 8 nitrogen and oxygen atoms in total. The van der Waals surface area contributed by atoms with Gasteiger partial charge in [0.2, 0.25) is 0 Å². The van der Waals surface area contributed by atoms with Gasteiger partial charge in [-0.1, -0.05) is 18.2 Å². The Morgan fingerprint density at radius 2 is 1.91 bits per heavy atom. The van der Waals surface area contributed by atoms with E-state index in [9.17, 15) is 22.4 Å². The van der Waals surface area contributed by atoms with Crippen LogP contribution in [0.1, 0.15) is 16.1 Å².